The summed E-state index contributed by atoms with van der Waals surface area (Å²) in [6.07, 6.45) is 1.46. The lowest BCUT2D eigenvalue weighted by Gasteiger charge is -2.27. The molecule has 0 unspecified atom stereocenters. The molecule has 5 heteroatoms. The summed E-state index contributed by atoms with van der Waals surface area (Å²) in [6.45, 7) is 4.41. The average Bonchev–Trinajstić information content (AvgIpc) is 2.48. The summed E-state index contributed by atoms with van der Waals surface area (Å²) in [4.78, 5) is 37.2. The molecule has 21 heavy (non-hydrogen) atoms. The van der Waals surface area contributed by atoms with E-state index < -0.39 is 0 Å². The highest BCUT2D eigenvalue weighted by molar-refractivity contribution is 6.15. The normalized spacial score (nSPS) is 15.5. The number of amides is 2. The van der Waals surface area contributed by atoms with Crippen LogP contribution < -0.4 is 10.2 Å². The zero-order chi connectivity index (χ0) is 15.4. The second kappa shape index (κ2) is 6.63. The summed E-state index contributed by atoms with van der Waals surface area (Å²) in [6, 6.07) is 6.66. The van der Waals surface area contributed by atoms with Crippen LogP contribution in [0.5, 0.6) is 0 Å². The van der Waals surface area contributed by atoms with Gasteiger partial charge in [-0.05, 0) is 45.0 Å². The van der Waals surface area contributed by atoms with Crippen LogP contribution in [0.4, 0.5) is 5.69 Å². The summed E-state index contributed by atoms with van der Waals surface area (Å²) >= 11 is 0. The number of nitrogens with zero attached hydrogens (tertiary/aromatic N) is 1. The Morgan fingerprint density at radius 3 is 2.38 bits per heavy atom. The number of ketones is 1. The van der Waals surface area contributed by atoms with E-state index in [0.29, 0.717) is 11.3 Å². The Morgan fingerprint density at radius 1 is 1.14 bits per heavy atom. The van der Waals surface area contributed by atoms with Crippen molar-refractivity contribution in [3.63, 3.8) is 0 Å². The first-order chi connectivity index (χ1) is 10.0. The summed E-state index contributed by atoms with van der Waals surface area (Å²) in [5, 5.41) is 3.20. The molecule has 2 amide bonds. The molecule has 5 nitrogen and oxygen atoms in total. The quantitative estimate of drug-likeness (QED) is 0.861. The Hall–Kier alpha value is -2.01. The lowest BCUT2D eigenvalue weighted by atomic mass is 9.96. The van der Waals surface area contributed by atoms with Gasteiger partial charge in [-0.1, -0.05) is 12.1 Å². The lowest BCUT2D eigenvalue weighted by Crippen LogP contribution is -2.43. The second-order valence-corrected chi connectivity index (χ2v) is 5.32. The highest BCUT2D eigenvalue weighted by Gasteiger charge is 2.29. The monoisotopic (exact) mass is 288 g/mol. The average molecular weight is 288 g/mol. The molecule has 1 aliphatic rings. The van der Waals surface area contributed by atoms with Gasteiger partial charge in [-0.15, -0.1) is 0 Å². The van der Waals surface area contributed by atoms with Gasteiger partial charge < -0.3 is 5.32 Å². The number of piperidine rings is 1. The summed E-state index contributed by atoms with van der Waals surface area (Å²) in [7, 11) is 0. The van der Waals surface area contributed by atoms with E-state index in [1.165, 1.54) is 18.7 Å². The fraction of sp³-hybridized carbons (Fsp3) is 0.438. The van der Waals surface area contributed by atoms with Crippen molar-refractivity contribution >= 4 is 23.3 Å². The number of anilines is 1. The van der Waals surface area contributed by atoms with E-state index in [4.69, 9.17) is 0 Å². The van der Waals surface area contributed by atoms with Crippen LogP contribution in [0, 0.1) is 5.92 Å². The molecule has 0 spiro atoms. The van der Waals surface area contributed by atoms with Gasteiger partial charge in [0.1, 0.15) is 0 Å². The van der Waals surface area contributed by atoms with Crippen molar-refractivity contribution in [1.29, 1.82) is 0 Å². The van der Waals surface area contributed by atoms with Crippen LogP contribution in [0.1, 0.15) is 37.0 Å². The molecule has 2 rings (SSSR count). The minimum atomic E-state index is -0.320. The molecule has 0 bridgehead atoms. The number of carbonyl (C=O) groups excluding carboxylic acids is 3. The van der Waals surface area contributed by atoms with Crippen LogP contribution in [0.3, 0.4) is 0 Å². The Kier molecular flexibility index (Phi) is 4.85. The number of hydrogen-bond acceptors (Lipinski definition) is 4. The number of benzene rings is 1. The predicted octanol–water partition coefficient (Wildman–Crippen LogP) is 1.77. The van der Waals surface area contributed by atoms with Gasteiger partial charge in [0.25, 0.3) is 0 Å². The molecular formula is C16H20N2O3. The van der Waals surface area contributed by atoms with Gasteiger partial charge in [0.15, 0.2) is 5.78 Å². The maximum Gasteiger partial charge on any atom is 0.236 e. The SMILES string of the molecule is CC(=O)c1cccc(N(C(C)=O)C(=O)C2CCNCC2)c1. The van der Waals surface area contributed by atoms with Gasteiger partial charge >= 0.3 is 0 Å². The van der Waals surface area contributed by atoms with Crippen molar-refractivity contribution in [3.8, 4) is 0 Å². The van der Waals surface area contributed by atoms with Gasteiger partial charge in [-0.2, -0.15) is 0 Å². The van der Waals surface area contributed by atoms with Crippen molar-refractivity contribution in [3.05, 3.63) is 29.8 Å². The number of imide groups is 1. The lowest BCUT2D eigenvalue weighted by molar-refractivity contribution is -0.128. The summed E-state index contributed by atoms with van der Waals surface area (Å²) in [5.74, 6) is -0.727. The molecule has 112 valence electrons. The van der Waals surface area contributed by atoms with E-state index in [2.05, 4.69) is 5.32 Å². The van der Waals surface area contributed by atoms with Crippen LogP contribution >= 0.6 is 0 Å². The highest BCUT2D eigenvalue weighted by atomic mass is 16.2. The summed E-state index contributed by atoms with van der Waals surface area (Å²) < 4.78 is 0. The number of carbonyl (C=O) groups is 3. The first-order valence-electron chi connectivity index (χ1n) is 7.17. The van der Waals surface area contributed by atoms with Gasteiger partial charge in [-0.25, -0.2) is 0 Å². The molecule has 1 aromatic rings. The number of rotatable bonds is 3. The molecule has 1 N–H and O–H groups in total. The third kappa shape index (κ3) is 3.55. The fourth-order valence-corrected chi connectivity index (χ4v) is 2.58. The minimum Gasteiger partial charge on any atom is -0.317 e. The predicted molar refractivity (Wildman–Crippen MR) is 80.2 cm³/mol. The van der Waals surface area contributed by atoms with Crippen molar-refractivity contribution < 1.29 is 14.4 Å². The van der Waals surface area contributed by atoms with Gasteiger partial charge in [0.2, 0.25) is 11.8 Å². The van der Waals surface area contributed by atoms with Gasteiger partial charge in [0, 0.05) is 18.4 Å². The highest BCUT2D eigenvalue weighted by Crippen LogP contribution is 2.22. The third-order valence-electron chi connectivity index (χ3n) is 3.73. The molecule has 1 aliphatic heterocycles. The first-order valence-corrected chi connectivity index (χ1v) is 7.17. The van der Waals surface area contributed by atoms with Crippen molar-refractivity contribution in [1.82, 2.24) is 5.32 Å². The smallest absolute Gasteiger partial charge is 0.236 e. The number of nitrogens with one attached hydrogen (secondary N) is 1. The Balaban J connectivity index is 2.30. The second-order valence-electron chi connectivity index (χ2n) is 5.32. The first kappa shape index (κ1) is 15.4. The Bertz CT molecular complexity index is 562. The zero-order valence-corrected chi connectivity index (χ0v) is 12.4. The fourth-order valence-electron chi connectivity index (χ4n) is 2.58. The molecule has 1 saturated heterocycles. The molecule has 0 atom stereocenters. The molecule has 0 saturated carbocycles. The van der Waals surface area contributed by atoms with Crippen LogP contribution in [0.15, 0.2) is 24.3 Å². The number of Topliss-reactive ketones (excluding diaryl/α,β-unsaturated/α-hetero) is 1. The topological polar surface area (TPSA) is 66.5 Å². The maximum atomic E-state index is 12.6. The van der Waals surface area contributed by atoms with Crippen molar-refractivity contribution in [2.45, 2.75) is 26.7 Å². The molecule has 0 aromatic heterocycles. The molecule has 1 aromatic carbocycles. The molecule has 1 fully saturated rings. The van der Waals surface area contributed by atoms with E-state index in [-0.39, 0.29) is 23.5 Å². The van der Waals surface area contributed by atoms with Crippen LogP contribution in [0.2, 0.25) is 0 Å². The molecule has 1 heterocycles. The molecule has 0 aliphatic carbocycles. The zero-order valence-electron chi connectivity index (χ0n) is 12.4. The summed E-state index contributed by atoms with van der Waals surface area (Å²) in [5.41, 5.74) is 0.968. The van der Waals surface area contributed by atoms with Crippen molar-refractivity contribution in [2.24, 2.45) is 5.92 Å². The van der Waals surface area contributed by atoms with Crippen LogP contribution in [-0.4, -0.2) is 30.7 Å². The van der Waals surface area contributed by atoms with E-state index in [1.807, 2.05) is 0 Å². The molecular weight excluding hydrogens is 268 g/mol. The van der Waals surface area contributed by atoms with Gasteiger partial charge in [0.05, 0.1) is 5.69 Å². The van der Waals surface area contributed by atoms with Gasteiger partial charge in [-0.3, -0.25) is 19.3 Å². The maximum absolute atomic E-state index is 12.6. The number of hydrogen-bond donors (Lipinski definition) is 1. The van der Waals surface area contributed by atoms with Crippen LogP contribution in [-0.2, 0) is 9.59 Å². The largest absolute Gasteiger partial charge is 0.317 e. The standard InChI is InChI=1S/C16H20N2O3/c1-11(19)14-4-3-5-15(10-14)18(12(2)20)16(21)13-6-8-17-9-7-13/h3-5,10,13,17H,6-9H2,1-2H3. The van der Waals surface area contributed by atoms with E-state index >= 15 is 0 Å². The Morgan fingerprint density at radius 2 is 1.81 bits per heavy atom. The van der Waals surface area contributed by atoms with E-state index in [9.17, 15) is 14.4 Å². The van der Waals surface area contributed by atoms with E-state index in [1.54, 1.807) is 24.3 Å². The minimum absolute atomic E-state index is 0.0883. The van der Waals surface area contributed by atoms with Crippen molar-refractivity contribution in [2.75, 3.05) is 18.0 Å². The third-order valence-corrected chi connectivity index (χ3v) is 3.73. The molecule has 0 radical (unpaired) electrons. The Labute approximate surface area is 124 Å². The van der Waals surface area contributed by atoms with E-state index in [0.717, 1.165) is 25.9 Å². The van der Waals surface area contributed by atoms with Crippen LogP contribution in [0.25, 0.3) is 0 Å².